The highest BCUT2D eigenvalue weighted by Crippen LogP contribution is 2.23. The van der Waals surface area contributed by atoms with E-state index in [4.69, 9.17) is 21.4 Å². The Bertz CT molecular complexity index is 483. The highest BCUT2D eigenvalue weighted by atomic mass is 35.5. The monoisotopic (exact) mass is 287 g/mol. The van der Waals surface area contributed by atoms with Gasteiger partial charge in [-0.15, -0.1) is 0 Å². The van der Waals surface area contributed by atoms with E-state index in [1.54, 1.807) is 4.90 Å². The maximum atomic E-state index is 13.4. The molecule has 0 saturated carbocycles. The number of hydrogen-bond donors (Lipinski definition) is 1. The van der Waals surface area contributed by atoms with Crippen molar-refractivity contribution < 1.29 is 19.0 Å². The van der Waals surface area contributed by atoms with E-state index in [9.17, 15) is 9.18 Å². The summed E-state index contributed by atoms with van der Waals surface area (Å²) in [6.07, 6.45) is -0.410. The molecule has 1 fully saturated rings. The van der Waals surface area contributed by atoms with Crippen molar-refractivity contribution in [1.82, 2.24) is 4.90 Å². The molecule has 2 atom stereocenters. The van der Waals surface area contributed by atoms with Crippen LogP contribution in [0.5, 0.6) is 0 Å². The number of benzene rings is 1. The first-order valence-corrected chi connectivity index (χ1v) is 6.39. The molecule has 2 unspecified atom stereocenters. The molecule has 2 rings (SSSR count). The number of amides is 1. The van der Waals surface area contributed by atoms with Crippen LogP contribution in [0.1, 0.15) is 17.3 Å². The summed E-state index contributed by atoms with van der Waals surface area (Å²) in [5.41, 5.74) is 0.132. The van der Waals surface area contributed by atoms with Crippen LogP contribution in [-0.2, 0) is 4.74 Å². The minimum atomic E-state index is -0.618. The summed E-state index contributed by atoms with van der Waals surface area (Å²) in [6, 6.07) is 4.00. The fourth-order valence-corrected chi connectivity index (χ4v) is 2.24. The molecule has 0 radical (unpaired) electrons. The zero-order chi connectivity index (χ0) is 14.0. The van der Waals surface area contributed by atoms with Gasteiger partial charge in [-0.25, -0.2) is 4.39 Å². The van der Waals surface area contributed by atoms with Crippen molar-refractivity contribution in [3.63, 3.8) is 0 Å². The Labute approximate surface area is 115 Å². The maximum absolute atomic E-state index is 13.4. The lowest BCUT2D eigenvalue weighted by molar-refractivity contribution is -0.0667. The van der Waals surface area contributed by atoms with Crippen molar-refractivity contribution in [3.8, 4) is 0 Å². The highest BCUT2D eigenvalue weighted by molar-refractivity contribution is 6.34. The van der Waals surface area contributed by atoms with Crippen molar-refractivity contribution in [3.05, 3.63) is 34.6 Å². The van der Waals surface area contributed by atoms with Crippen LogP contribution in [-0.4, -0.2) is 47.8 Å². The molecule has 1 aliphatic heterocycles. The summed E-state index contributed by atoms with van der Waals surface area (Å²) in [6.45, 7) is 2.28. The van der Waals surface area contributed by atoms with Gasteiger partial charge in [-0.2, -0.15) is 0 Å². The third kappa shape index (κ3) is 2.88. The predicted molar refractivity (Wildman–Crippen MR) is 68.7 cm³/mol. The molecule has 1 heterocycles. The van der Waals surface area contributed by atoms with Gasteiger partial charge in [0.2, 0.25) is 0 Å². The summed E-state index contributed by atoms with van der Waals surface area (Å²) in [5.74, 6) is -0.967. The average Bonchev–Trinajstić information content (AvgIpc) is 2.42. The van der Waals surface area contributed by atoms with E-state index in [0.29, 0.717) is 6.61 Å². The largest absolute Gasteiger partial charge is 0.394 e. The first-order chi connectivity index (χ1) is 9.04. The summed E-state index contributed by atoms with van der Waals surface area (Å²) in [4.78, 5) is 13.9. The molecule has 1 aromatic rings. The molecule has 4 nitrogen and oxygen atoms in total. The van der Waals surface area contributed by atoms with E-state index in [2.05, 4.69) is 0 Å². The van der Waals surface area contributed by atoms with Gasteiger partial charge in [-0.1, -0.05) is 17.7 Å². The molecular weight excluding hydrogens is 273 g/mol. The fourth-order valence-electron chi connectivity index (χ4n) is 2.03. The van der Waals surface area contributed by atoms with Gasteiger partial charge in [0.25, 0.3) is 5.91 Å². The van der Waals surface area contributed by atoms with Crippen molar-refractivity contribution in [1.29, 1.82) is 0 Å². The van der Waals surface area contributed by atoms with Gasteiger partial charge in [0, 0.05) is 6.54 Å². The van der Waals surface area contributed by atoms with E-state index in [1.807, 2.05) is 6.92 Å². The Morgan fingerprint density at radius 1 is 1.63 bits per heavy atom. The Morgan fingerprint density at radius 2 is 2.37 bits per heavy atom. The highest BCUT2D eigenvalue weighted by Gasteiger charge is 2.31. The lowest BCUT2D eigenvalue weighted by Gasteiger charge is -2.37. The summed E-state index contributed by atoms with van der Waals surface area (Å²) in [5, 5.41) is 8.92. The van der Waals surface area contributed by atoms with E-state index >= 15 is 0 Å². The van der Waals surface area contributed by atoms with Crippen molar-refractivity contribution in [2.24, 2.45) is 0 Å². The number of carbonyl (C=O) groups is 1. The summed E-state index contributed by atoms with van der Waals surface area (Å²) in [7, 11) is 0. The SMILES string of the molecule is CC1COC(CO)CN1C(=O)c1cccc(F)c1Cl. The fraction of sp³-hybridized carbons (Fsp3) is 0.462. The topological polar surface area (TPSA) is 49.8 Å². The number of morpholine rings is 1. The van der Waals surface area contributed by atoms with Crippen molar-refractivity contribution in [2.75, 3.05) is 19.8 Å². The van der Waals surface area contributed by atoms with Gasteiger partial charge < -0.3 is 14.7 Å². The van der Waals surface area contributed by atoms with Gasteiger partial charge >= 0.3 is 0 Å². The number of carbonyl (C=O) groups excluding carboxylic acids is 1. The van der Waals surface area contributed by atoms with Gasteiger partial charge in [-0.3, -0.25) is 4.79 Å². The molecule has 1 aromatic carbocycles. The van der Waals surface area contributed by atoms with Crippen LogP contribution in [0.2, 0.25) is 5.02 Å². The number of aliphatic hydroxyl groups is 1. The van der Waals surface area contributed by atoms with Gasteiger partial charge in [-0.05, 0) is 19.1 Å². The standard InChI is InChI=1S/C13H15ClFNO3/c1-8-7-19-9(6-17)5-16(8)13(18)10-3-2-4-11(15)12(10)14/h2-4,8-9,17H,5-7H2,1H3. The average molecular weight is 288 g/mol. The van der Waals surface area contributed by atoms with E-state index in [1.165, 1.54) is 18.2 Å². The molecule has 6 heteroatoms. The molecule has 1 aliphatic rings. The first kappa shape index (κ1) is 14.2. The van der Waals surface area contributed by atoms with Crippen LogP contribution in [0.25, 0.3) is 0 Å². The quantitative estimate of drug-likeness (QED) is 0.901. The van der Waals surface area contributed by atoms with E-state index in [0.717, 1.165) is 0 Å². The molecule has 1 saturated heterocycles. The number of aliphatic hydroxyl groups excluding tert-OH is 1. The van der Waals surface area contributed by atoms with Crippen LogP contribution >= 0.6 is 11.6 Å². The second-order valence-electron chi connectivity index (χ2n) is 4.55. The van der Waals surface area contributed by atoms with Crippen LogP contribution in [0.3, 0.4) is 0 Å². The summed E-state index contributed by atoms with van der Waals surface area (Å²) < 4.78 is 18.7. The normalized spacial score (nSPS) is 23.5. The van der Waals surface area contributed by atoms with Gasteiger partial charge in [0.15, 0.2) is 0 Å². The zero-order valence-corrected chi connectivity index (χ0v) is 11.2. The molecular formula is C13H15ClFNO3. The molecule has 19 heavy (non-hydrogen) atoms. The number of hydrogen-bond acceptors (Lipinski definition) is 3. The maximum Gasteiger partial charge on any atom is 0.255 e. The Balaban J connectivity index is 2.24. The Morgan fingerprint density at radius 3 is 3.05 bits per heavy atom. The van der Waals surface area contributed by atoms with E-state index in [-0.39, 0.29) is 35.7 Å². The Hall–Kier alpha value is -1.17. The van der Waals surface area contributed by atoms with Crippen LogP contribution in [0.4, 0.5) is 4.39 Å². The zero-order valence-electron chi connectivity index (χ0n) is 10.5. The minimum Gasteiger partial charge on any atom is -0.394 e. The first-order valence-electron chi connectivity index (χ1n) is 6.02. The Kier molecular flexibility index (Phi) is 4.39. The minimum absolute atomic E-state index is 0.132. The lowest BCUT2D eigenvalue weighted by Crippen LogP contribution is -2.52. The number of ether oxygens (including phenoxy) is 1. The molecule has 0 bridgehead atoms. The smallest absolute Gasteiger partial charge is 0.255 e. The number of rotatable bonds is 2. The second-order valence-corrected chi connectivity index (χ2v) is 4.92. The van der Waals surface area contributed by atoms with E-state index < -0.39 is 11.9 Å². The molecule has 0 spiro atoms. The molecule has 1 N–H and O–H groups in total. The molecule has 1 amide bonds. The second kappa shape index (κ2) is 5.86. The molecule has 0 aromatic heterocycles. The third-order valence-electron chi connectivity index (χ3n) is 3.15. The summed E-state index contributed by atoms with van der Waals surface area (Å²) >= 11 is 5.82. The van der Waals surface area contributed by atoms with Crippen LogP contribution < -0.4 is 0 Å². The van der Waals surface area contributed by atoms with Gasteiger partial charge in [0.05, 0.1) is 35.9 Å². The predicted octanol–water partition coefficient (Wildman–Crippen LogP) is 1.70. The molecule has 0 aliphatic carbocycles. The molecule has 104 valence electrons. The van der Waals surface area contributed by atoms with Crippen molar-refractivity contribution >= 4 is 17.5 Å². The number of nitrogens with zero attached hydrogens (tertiary/aromatic N) is 1. The van der Waals surface area contributed by atoms with Crippen molar-refractivity contribution in [2.45, 2.75) is 19.1 Å². The lowest BCUT2D eigenvalue weighted by atomic mass is 10.1. The van der Waals surface area contributed by atoms with Crippen LogP contribution in [0.15, 0.2) is 18.2 Å². The number of halogens is 2. The van der Waals surface area contributed by atoms with Crippen LogP contribution in [0, 0.1) is 5.82 Å². The third-order valence-corrected chi connectivity index (χ3v) is 3.54. The van der Waals surface area contributed by atoms with Gasteiger partial charge in [0.1, 0.15) is 5.82 Å².